The topological polar surface area (TPSA) is 93.2 Å². The highest BCUT2D eigenvalue weighted by Crippen LogP contribution is 2.23. The molecule has 0 aliphatic carbocycles. The number of nitrogens with zero attached hydrogens (tertiary/aromatic N) is 2. The number of ether oxygens (including phenoxy) is 1. The molecule has 0 unspecified atom stereocenters. The number of hydrogen-bond acceptors (Lipinski definition) is 5. The maximum absolute atomic E-state index is 11.6. The number of benzene rings is 1. The maximum atomic E-state index is 11.6. The second kappa shape index (κ2) is 5.61. The molecular weight excluding hydrogens is 224 g/mol. The van der Waals surface area contributed by atoms with Crippen LogP contribution < -0.4 is 0 Å². The Labute approximate surface area is 97.6 Å². The van der Waals surface area contributed by atoms with E-state index >= 15 is 0 Å². The third-order valence-corrected chi connectivity index (χ3v) is 2.09. The summed E-state index contributed by atoms with van der Waals surface area (Å²) in [5, 5.41) is 19.1. The van der Waals surface area contributed by atoms with Crippen LogP contribution in [0.25, 0.3) is 0 Å². The molecule has 17 heavy (non-hydrogen) atoms. The van der Waals surface area contributed by atoms with Crippen LogP contribution in [0.5, 0.6) is 0 Å². The third-order valence-electron chi connectivity index (χ3n) is 2.09. The second-order valence-electron chi connectivity index (χ2n) is 3.27. The zero-order chi connectivity index (χ0) is 12.8. The van der Waals surface area contributed by atoms with Crippen molar-refractivity contribution in [2.24, 2.45) is 0 Å². The van der Waals surface area contributed by atoms with Gasteiger partial charge < -0.3 is 4.74 Å². The van der Waals surface area contributed by atoms with Crippen molar-refractivity contribution in [1.82, 2.24) is 0 Å². The highest BCUT2D eigenvalue weighted by atomic mass is 16.6. The predicted octanol–water partition coefficient (Wildman–Crippen LogP) is 1.97. The third kappa shape index (κ3) is 3.01. The summed E-state index contributed by atoms with van der Waals surface area (Å²) in [6.45, 7) is 1.48. The van der Waals surface area contributed by atoms with Crippen LogP contribution in [0.4, 0.5) is 5.69 Å². The van der Waals surface area contributed by atoms with Gasteiger partial charge in [-0.3, -0.25) is 10.1 Å². The summed E-state index contributed by atoms with van der Waals surface area (Å²) in [4.78, 5) is 21.8. The smallest absolute Gasteiger partial charge is 0.345 e. The van der Waals surface area contributed by atoms with Crippen molar-refractivity contribution < 1.29 is 14.5 Å². The second-order valence-corrected chi connectivity index (χ2v) is 3.27. The number of rotatable bonds is 4. The van der Waals surface area contributed by atoms with Gasteiger partial charge in [-0.15, -0.1) is 0 Å². The van der Waals surface area contributed by atoms with Gasteiger partial charge in [0.1, 0.15) is 12.2 Å². The lowest BCUT2D eigenvalue weighted by molar-refractivity contribution is -0.385. The molecule has 6 nitrogen and oxygen atoms in total. The van der Waals surface area contributed by atoms with E-state index in [9.17, 15) is 14.9 Å². The van der Waals surface area contributed by atoms with E-state index in [4.69, 9.17) is 10.00 Å². The van der Waals surface area contributed by atoms with E-state index in [0.717, 1.165) is 0 Å². The van der Waals surface area contributed by atoms with Crippen molar-refractivity contribution in [3.8, 4) is 6.07 Å². The van der Waals surface area contributed by atoms with Crippen molar-refractivity contribution in [3.63, 3.8) is 0 Å². The molecule has 0 fully saturated rings. The first kappa shape index (κ1) is 12.6. The summed E-state index contributed by atoms with van der Waals surface area (Å²) in [6, 6.07) is 6.24. The molecule has 0 radical (unpaired) electrons. The molecule has 0 heterocycles. The maximum Gasteiger partial charge on any atom is 0.345 e. The molecule has 1 aromatic carbocycles. The average Bonchev–Trinajstić information content (AvgIpc) is 2.28. The van der Waals surface area contributed by atoms with Gasteiger partial charge in [-0.05, 0) is 13.0 Å². The van der Waals surface area contributed by atoms with Crippen LogP contribution in [0.2, 0.25) is 0 Å². The van der Waals surface area contributed by atoms with Crippen molar-refractivity contribution >= 4 is 11.7 Å². The number of nitro benzene ring substituents is 1. The minimum atomic E-state index is -0.782. The first-order valence-electron chi connectivity index (χ1n) is 4.86. The van der Waals surface area contributed by atoms with E-state index in [-0.39, 0.29) is 24.3 Å². The van der Waals surface area contributed by atoms with E-state index in [1.165, 1.54) is 6.07 Å². The highest BCUT2D eigenvalue weighted by Gasteiger charge is 2.23. The molecule has 0 aliphatic rings. The Hall–Kier alpha value is -2.42. The van der Waals surface area contributed by atoms with Crippen LogP contribution in [0.3, 0.4) is 0 Å². The number of hydrogen-bond donors (Lipinski definition) is 0. The van der Waals surface area contributed by atoms with Gasteiger partial charge in [0.2, 0.25) is 0 Å². The zero-order valence-corrected chi connectivity index (χ0v) is 9.17. The number of para-hydroxylation sites is 1. The molecule has 0 saturated heterocycles. The Bertz CT molecular complexity index is 491. The molecule has 0 aromatic heterocycles. The van der Waals surface area contributed by atoms with E-state index in [1.54, 1.807) is 19.1 Å². The number of nitro groups is 1. The van der Waals surface area contributed by atoms with Gasteiger partial charge in [0, 0.05) is 5.56 Å². The van der Waals surface area contributed by atoms with E-state index in [1.807, 2.05) is 6.07 Å². The molecule has 6 heteroatoms. The lowest BCUT2D eigenvalue weighted by atomic mass is 10.1. The molecule has 0 bridgehead atoms. The predicted molar refractivity (Wildman–Crippen MR) is 58.3 cm³/mol. The molecular formula is C11H10N2O4. The fourth-order valence-electron chi connectivity index (χ4n) is 1.33. The van der Waals surface area contributed by atoms with E-state index in [0.29, 0.717) is 5.56 Å². The van der Waals surface area contributed by atoms with Crippen molar-refractivity contribution in [2.45, 2.75) is 13.3 Å². The van der Waals surface area contributed by atoms with Gasteiger partial charge in [0.25, 0.3) is 5.69 Å². The van der Waals surface area contributed by atoms with Crippen LogP contribution in [0.15, 0.2) is 18.2 Å². The van der Waals surface area contributed by atoms with Crippen LogP contribution >= 0.6 is 0 Å². The Morgan fingerprint density at radius 2 is 2.29 bits per heavy atom. The van der Waals surface area contributed by atoms with Crippen LogP contribution in [0.1, 0.15) is 22.3 Å². The SMILES string of the molecule is Cc1cccc(C(=O)OCCC#N)c1[N+](=O)[O-]. The number of aryl methyl sites for hydroxylation is 1. The van der Waals surface area contributed by atoms with Gasteiger partial charge in [0.05, 0.1) is 17.4 Å². The summed E-state index contributed by atoms with van der Waals surface area (Å²) in [5.74, 6) is -0.782. The van der Waals surface area contributed by atoms with Crippen molar-refractivity contribution in [1.29, 1.82) is 5.26 Å². The molecule has 0 atom stereocenters. The van der Waals surface area contributed by atoms with E-state index < -0.39 is 10.9 Å². The minimum absolute atomic E-state index is 0.0609. The first-order chi connectivity index (χ1) is 8.07. The van der Waals surface area contributed by atoms with Gasteiger partial charge >= 0.3 is 5.97 Å². The summed E-state index contributed by atoms with van der Waals surface area (Å²) in [5.41, 5.74) is 0.0483. The zero-order valence-electron chi connectivity index (χ0n) is 9.17. The van der Waals surface area contributed by atoms with Crippen molar-refractivity contribution in [3.05, 3.63) is 39.4 Å². The fraction of sp³-hybridized carbons (Fsp3) is 0.273. The normalized spacial score (nSPS) is 9.41. The molecule has 0 amide bonds. The number of carbonyl (C=O) groups is 1. The molecule has 88 valence electrons. The summed E-state index contributed by atoms with van der Waals surface area (Å²) in [7, 11) is 0. The molecule has 1 aromatic rings. The highest BCUT2D eigenvalue weighted by molar-refractivity contribution is 5.94. The number of carbonyl (C=O) groups excluding carboxylic acids is 1. The Morgan fingerprint density at radius 1 is 1.59 bits per heavy atom. The minimum Gasteiger partial charge on any atom is -0.461 e. The molecule has 1 rings (SSSR count). The largest absolute Gasteiger partial charge is 0.461 e. The molecule has 0 spiro atoms. The number of esters is 1. The number of nitriles is 1. The Balaban J connectivity index is 2.98. The Morgan fingerprint density at radius 3 is 2.88 bits per heavy atom. The standard InChI is InChI=1S/C11H10N2O4/c1-8-4-2-5-9(10(8)13(15)16)11(14)17-7-3-6-12/h2,4-5H,3,7H2,1H3. The molecule has 0 aliphatic heterocycles. The molecule has 0 N–H and O–H groups in total. The lowest BCUT2D eigenvalue weighted by Gasteiger charge is -2.04. The Kier molecular flexibility index (Phi) is 4.17. The lowest BCUT2D eigenvalue weighted by Crippen LogP contribution is -2.09. The van der Waals surface area contributed by atoms with Gasteiger partial charge in [-0.1, -0.05) is 12.1 Å². The fourth-order valence-corrected chi connectivity index (χ4v) is 1.33. The van der Waals surface area contributed by atoms with Gasteiger partial charge in [-0.2, -0.15) is 5.26 Å². The summed E-state index contributed by atoms with van der Waals surface area (Å²) in [6.07, 6.45) is 0.0609. The van der Waals surface area contributed by atoms with Crippen LogP contribution in [-0.4, -0.2) is 17.5 Å². The van der Waals surface area contributed by atoms with Crippen LogP contribution in [-0.2, 0) is 4.74 Å². The molecule has 0 saturated carbocycles. The summed E-state index contributed by atoms with van der Waals surface area (Å²) < 4.78 is 4.75. The first-order valence-corrected chi connectivity index (χ1v) is 4.86. The summed E-state index contributed by atoms with van der Waals surface area (Å²) >= 11 is 0. The van der Waals surface area contributed by atoms with E-state index in [2.05, 4.69) is 0 Å². The van der Waals surface area contributed by atoms with Gasteiger partial charge in [-0.25, -0.2) is 4.79 Å². The van der Waals surface area contributed by atoms with Crippen molar-refractivity contribution in [2.75, 3.05) is 6.61 Å². The van der Waals surface area contributed by atoms with Gasteiger partial charge in [0.15, 0.2) is 0 Å². The quantitative estimate of drug-likeness (QED) is 0.343. The van der Waals surface area contributed by atoms with Crippen LogP contribution in [0, 0.1) is 28.4 Å². The monoisotopic (exact) mass is 234 g/mol. The average molecular weight is 234 g/mol.